The fourth-order valence-electron chi connectivity index (χ4n) is 3.59. The molecule has 1 aromatic heterocycles. The molecule has 0 atom stereocenters. The van der Waals surface area contributed by atoms with Gasteiger partial charge in [-0.1, -0.05) is 23.7 Å². The third kappa shape index (κ3) is 8.11. The number of nitrogens with one attached hydrogen (secondary N) is 2. The van der Waals surface area contributed by atoms with E-state index in [1.54, 1.807) is 42.5 Å². The summed E-state index contributed by atoms with van der Waals surface area (Å²) in [6, 6.07) is 14.4. The number of aromatic nitrogens is 1. The van der Waals surface area contributed by atoms with Crippen molar-refractivity contribution in [3.63, 3.8) is 0 Å². The fourth-order valence-corrected chi connectivity index (χ4v) is 3.71. The minimum atomic E-state index is -0.613. The van der Waals surface area contributed by atoms with E-state index < -0.39 is 11.7 Å². The molecule has 192 valence electrons. The third-order valence-corrected chi connectivity index (χ3v) is 5.80. The Balaban J connectivity index is 1.31. The smallest absolute Gasteiger partial charge is 0.270 e. The lowest BCUT2D eigenvalue weighted by atomic mass is 10.2. The van der Waals surface area contributed by atoms with E-state index in [9.17, 15) is 14.0 Å². The van der Waals surface area contributed by atoms with Gasteiger partial charge in [-0.3, -0.25) is 19.5 Å². The summed E-state index contributed by atoms with van der Waals surface area (Å²) in [5, 5.41) is 5.44. The molecule has 0 radical (unpaired) electrons. The van der Waals surface area contributed by atoms with Crippen LogP contribution in [0.3, 0.4) is 0 Å². The summed E-state index contributed by atoms with van der Waals surface area (Å²) in [5.41, 5.74) is 1.27. The average Bonchev–Trinajstić information content (AvgIpc) is 2.90. The predicted octanol–water partition coefficient (Wildman–Crippen LogP) is 4.38. The van der Waals surface area contributed by atoms with Crippen LogP contribution in [0.4, 0.5) is 10.1 Å². The fraction of sp³-hybridized carbons (Fsp3) is 0.222. The number of hydrogen-bond donors (Lipinski definition) is 2. The maximum atomic E-state index is 13.6. The second kappa shape index (κ2) is 13.0. The number of pyridine rings is 1. The zero-order valence-electron chi connectivity index (χ0n) is 20.0. The summed E-state index contributed by atoms with van der Waals surface area (Å²) < 4.78 is 24.8. The molecule has 0 unspecified atom stereocenters. The van der Waals surface area contributed by atoms with Crippen LogP contribution in [0, 0.1) is 5.82 Å². The number of morpholine rings is 1. The Kier molecular flexibility index (Phi) is 9.20. The number of carbonyl (C=O) groups excluding carboxylic acids is 2. The van der Waals surface area contributed by atoms with Gasteiger partial charge in [0.25, 0.3) is 5.91 Å². The largest absolute Gasteiger partial charge is 0.457 e. The second-order valence-corrected chi connectivity index (χ2v) is 8.62. The lowest BCUT2D eigenvalue weighted by molar-refractivity contribution is -0.111. The van der Waals surface area contributed by atoms with Crippen LogP contribution in [-0.4, -0.2) is 61.1 Å². The van der Waals surface area contributed by atoms with Gasteiger partial charge < -0.3 is 20.1 Å². The summed E-state index contributed by atoms with van der Waals surface area (Å²) in [4.78, 5) is 31.1. The van der Waals surface area contributed by atoms with Crippen molar-refractivity contribution in [2.24, 2.45) is 0 Å². The Labute approximate surface area is 219 Å². The quantitative estimate of drug-likeness (QED) is 0.404. The van der Waals surface area contributed by atoms with Gasteiger partial charge in [-0.15, -0.1) is 0 Å². The summed E-state index contributed by atoms with van der Waals surface area (Å²) in [7, 11) is 0. The summed E-state index contributed by atoms with van der Waals surface area (Å²) in [6.45, 7) is 4.41. The number of nitrogens with zero attached hydrogens (tertiary/aromatic N) is 2. The molecule has 2 heterocycles. The summed E-state index contributed by atoms with van der Waals surface area (Å²) in [5.74, 6) is -0.337. The van der Waals surface area contributed by atoms with Crippen LogP contribution in [0.5, 0.6) is 11.5 Å². The van der Waals surface area contributed by atoms with Crippen molar-refractivity contribution in [1.29, 1.82) is 0 Å². The lowest BCUT2D eigenvalue weighted by Gasteiger charge is -2.26. The maximum Gasteiger partial charge on any atom is 0.270 e. The number of halogens is 2. The third-order valence-electron chi connectivity index (χ3n) is 5.49. The number of hydrogen-bond acceptors (Lipinski definition) is 6. The molecule has 8 nitrogen and oxygen atoms in total. The molecule has 1 fully saturated rings. The van der Waals surface area contributed by atoms with Crippen LogP contribution in [0.25, 0.3) is 6.08 Å². The molecule has 0 spiro atoms. The highest BCUT2D eigenvalue weighted by Gasteiger charge is 2.12. The first-order chi connectivity index (χ1) is 18.0. The second-order valence-electron chi connectivity index (χ2n) is 8.21. The number of benzene rings is 2. The normalized spacial score (nSPS) is 13.9. The molecule has 37 heavy (non-hydrogen) atoms. The maximum absolute atomic E-state index is 13.6. The van der Waals surface area contributed by atoms with Crippen molar-refractivity contribution < 1.29 is 23.5 Å². The number of ether oxygens (including phenoxy) is 2. The molecule has 0 aliphatic carbocycles. The molecular weight excluding hydrogens is 499 g/mol. The Morgan fingerprint density at radius 2 is 1.92 bits per heavy atom. The molecule has 2 N–H and O–H groups in total. The summed E-state index contributed by atoms with van der Waals surface area (Å²) in [6.07, 6.45) is 4.45. The van der Waals surface area contributed by atoms with E-state index in [2.05, 4.69) is 20.5 Å². The SMILES string of the molecule is O=C(/C=C/c1cccc(Oc2ccnc(C(=O)NCCN3CCOCC3)c2)c1)Nc1ccc(Cl)c(F)c1. The first kappa shape index (κ1) is 26.3. The van der Waals surface area contributed by atoms with Crippen molar-refractivity contribution in [2.75, 3.05) is 44.7 Å². The Morgan fingerprint density at radius 1 is 1.11 bits per heavy atom. The van der Waals surface area contributed by atoms with Gasteiger partial charge in [0.1, 0.15) is 23.0 Å². The molecule has 3 aromatic rings. The minimum absolute atomic E-state index is 0.0175. The molecule has 10 heteroatoms. The van der Waals surface area contributed by atoms with Crippen molar-refractivity contribution >= 4 is 35.2 Å². The zero-order valence-corrected chi connectivity index (χ0v) is 20.7. The van der Waals surface area contributed by atoms with E-state index in [0.29, 0.717) is 42.5 Å². The van der Waals surface area contributed by atoms with Gasteiger partial charge in [0.15, 0.2) is 0 Å². The van der Waals surface area contributed by atoms with E-state index in [0.717, 1.165) is 25.7 Å². The van der Waals surface area contributed by atoms with Gasteiger partial charge in [-0.25, -0.2) is 4.39 Å². The molecule has 1 aliphatic rings. The average molecular weight is 525 g/mol. The number of rotatable bonds is 9. The van der Waals surface area contributed by atoms with Crippen LogP contribution in [0.2, 0.25) is 5.02 Å². The van der Waals surface area contributed by atoms with E-state index in [1.807, 2.05) is 0 Å². The van der Waals surface area contributed by atoms with Crippen LogP contribution in [-0.2, 0) is 9.53 Å². The number of anilines is 1. The van der Waals surface area contributed by atoms with Gasteiger partial charge in [-0.2, -0.15) is 0 Å². The van der Waals surface area contributed by atoms with Crippen LogP contribution in [0.15, 0.2) is 66.9 Å². The van der Waals surface area contributed by atoms with Crippen LogP contribution < -0.4 is 15.4 Å². The monoisotopic (exact) mass is 524 g/mol. The van der Waals surface area contributed by atoms with Gasteiger partial charge in [-0.05, 0) is 48.0 Å². The number of amides is 2. The Bertz CT molecular complexity index is 1280. The molecule has 1 aliphatic heterocycles. The van der Waals surface area contributed by atoms with Gasteiger partial charge in [0.2, 0.25) is 5.91 Å². The van der Waals surface area contributed by atoms with E-state index in [1.165, 1.54) is 24.4 Å². The van der Waals surface area contributed by atoms with Crippen LogP contribution >= 0.6 is 11.6 Å². The van der Waals surface area contributed by atoms with Crippen LogP contribution in [0.1, 0.15) is 16.1 Å². The van der Waals surface area contributed by atoms with Crippen molar-refractivity contribution in [2.45, 2.75) is 0 Å². The Morgan fingerprint density at radius 3 is 2.73 bits per heavy atom. The number of carbonyl (C=O) groups is 2. The summed E-state index contributed by atoms with van der Waals surface area (Å²) >= 11 is 5.66. The molecule has 2 amide bonds. The topological polar surface area (TPSA) is 92.8 Å². The molecular formula is C27H26ClFN4O4. The first-order valence-electron chi connectivity index (χ1n) is 11.7. The first-order valence-corrected chi connectivity index (χ1v) is 12.1. The van der Waals surface area contributed by atoms with E-state index in [-0.39, 0.29) is 16.6 Å². The molecule has 0 saturated carbocycles. The molecule has 1 saturated heterocycles. The highest BCUT2D eigenvalue weighted by Crippen LogP contribution is 2.23. The standard InChI is InChI=1S/C27H26ClFN4O4/c28-23-6-5-20(17-24(23)29)32-26(34)7-4-19-2-1-3-21(16-19)37-22-8-9-30-25(18-22)27(35)31-10-11-33-12-14-36-15-13-33/h1-9,16-18H,10-15H2,(H,31,35)(H,32,34)/b7-4+. The van der Waals surface area contributed by atoms with E-state index in [4.69, 9.17) is 21.1 Å². The zero-order chi connectivity index (χ0) is 26.0. The highest BCUT2D eigenvalue weighted by molar-refractivity contribution is 6.30. The van der Waals surface area contributed by atoms with Gasteiger partial charge in [0.05, 0.1) is 18.2 Å². The molecule has 2 aromatic carbocycles. The molecule has 0 bridgehead atoms. The Hall–Kier alpha value is -3.79. The minimum Gasteiger partial charge on any atom is -0.457 e. The predicted molar refractivity (Wildman–Crippen MR) is 139 cm³/mol. The molecule has 4 rings (SSSR count). The van der Waals surface area contributed by atoms with Crippen molar-refractivity contribution in [3.8, 4) is 11.5 Å². The van der Waals surface area contributed by atoms with Crippen molar-refractivity contribution in [1.82, 2.24) is 15.2 Å². The van der Waals surface area contributed by atoms with E-state index >= 15 is 0 Å². The van der Waals surface area contributed by atoms with Crippen molar-refractivity contribution in [3.05, 3.63) is 89.0 Å². The van der Waals surface area contributed by atoms with Gasteiger partial charge in [0, 0.05) is 50.2 Å². The van der Waals surface area contributed by atoms with Gasteiger partial charge >= 0.3 is 0 Å². The lowest BCUT2D eigenvalue weighted by Crippen LogP contribution is -2.41. The highest BCUT2D eigenvalue weighted by atomic mass is 35.5.